The number of amides is 1. The molecule has 1 amide bonds. The summed E-state index contributed by atoms with van der Waals surface area (Å²) < 4.78 is 2.69. The lowest BCUT2D eigenvalue weighted by Crippen LogP contribution is -2.23. The molecule has 0 aliphatic heterocycles. The highest BCUT2D eigenvalue weighted by Crippen LogP contribution is 2.17. The van der Waals surface area contributed by atoms with E-state index in [1.54, 1.807) is 28.9 Å². The highest BCUT2D eigenvalue weighted by molar-refractivity contribution is 9.10. The van der Waals surface area contributed by atoms with E-state index < -0.39 is 0 Å². The average molecular weight is 343 g/mol. The monoisotopic (exact) mass is 341 g/mol. The predicted molar refractivity (Wildman–Crippen MR) is 78.2 cm³/mol. The Morgan fingerprint density at radius 1 is 1.47 bits per heavy atom. The SMILES string of the molecule is CCn1cc(Br)c(CNC(=O)c2ccccc2Cl)n1. The zero-order valence-corrected chi connectivity index (χ0v) is 12.7. The molecule has 0 atom stereocenters. The van der Waals surface area contributed by atoms with Crippen LogP contribution in [0.15, 0.2) is 34.9 Å². The summed E-state index contributed by atoms with van der Waals surface area (Å²) in [5.41, 5.74) is 1.26. The molecule has 0 aliphatic carbocycles. The van der Waals surface area contributed by atoms with Crippen molar-refractivity contribution in [1.29, 1.82) is 0 Å². The lowest BCUT2D eigenvalue weighted by atomic mass is 10.2. The number of hydrogen-bond donors (Lipinski definition) is 1. The summed E-state index contributed by atoms with van der Waals surface area (Å²) >= 11 is 9.39. The van der Waals surface area contributed by atoms with Crippen LogP contribution in [0.4, 0.5) is 0 Å². The number of nitrogens with zero attached hydrogens (tertiary/aromatic N) is 2. The van der Waals surface area contributed by atoms with Crippen molar-refractivity contribution in [3.63, 3.8) is 0 Å². The second-order valence-corrected chi connectivity index (χ2v) is 5.20. The standard InChI is InChI=1S/C13H13BrClN3O/c1-2-18-8-10(14)12(17-18)7-16-13(19)9-5-3-4-6-11(9)15/h3-6,8H,2,7H2,1H3,(H,16,19). The van der Waals surface area contributed by atoms with E-state index in [-0.39, 0.29) is 5.91 Å². The number of halogens is 2. The minimum atomic E-state index is -0.205. The Bertz CT molecular complexity index is 597. The molecule has 0 spiro atoms. The third kappa shape index (κ3) is 3.36. The Hall–Kier alpha value is -1.33. The second-order valence-electron chi connectivity index (χ2n) is 3.94. The van der Waals surface area contributed by atoms with Crippen LogP contribution in [0.25, 0.3) is 0 Å². The van der Waals surface area contributed by atoms with Gasteiger partial charge in [-0.05, 0) is 35.0 Å². The highest BCUT2D eigenvalue weighted by Gasteiger charge is 2.11. The molecule has 0 aliphatic rings. The van der Waals surface area contributed by atoms with Crippen LogP contribution in [-0.4, -0.2) is 15.7 Å². The first-order valence-corrected chi connectivity index (χ1v) is 7.03. The van der Waals surface area contributed by atoms with Gasteiger partial charge in [0.1, 0.15) is 0 Å². The number of rotatable bonds is 4. The Kier molecular flexibility index (Phi) is 4.61. The Morgan fingerprint density at radius 3 is 2.84 bits per heavy atom. The van der Waals surface area contributed by atoms with Crippen LogP contribution in [0.3, 0.4) is 0 Å². The van der Waals surface area contributed by atoms with Crippen molar-refractivity contribution in [1.82, 2.24) is 15.1 Å². The largest absolute Gasteiger partial charge is 0.346 e. The van der Waals surface area contributed by atoms with Gasteiger partial charge in [-0.15, -0.1) is 0 Å². The van der Waals surface area contributed by atoms with Gasteiger partial charge in [0.15, 0.2) is 0 Å². The van der Waals surface area contributed by atoms with Crippen molar-refractivity contribution in [2.75, 3.05) is 0 Å². The molecule has 2 aromatic rings. The maximum Gasteiger partial charge on any atom is 0.253 e. The maximum atomic E-state index is 12.0. The molecule has 1 aromatic carbocycles. The number of benzene rings is 1. The molecule has 100 valence electrons. The summed E-state index contributed by atoms with van der Waals surface area (Å²) in [4.78, 5) is 12.0. The van der Waals surface area contributed by atoms with E-state index in [1.807, 2.05) is 13.1 Å². The molecular formula is C13H13BrClN3O. The van der Waals surface area contributed by atoms with Crippen molar-refractivity contribution in [2.45, 2.75) is 20.0 Å². The van der Waals surface area contributed by atoms with E-state index in [4.69, 9.17) is 11.6 Å². The van der Waals surface area contributed by atoms with E-state index in [2.05, 4.69) is 26.3 Å². The first kappa shape index (κ1) is 14.1. The Morgan fingerprint density at radius 2 is 2.21 bits per heavy atom. The number of nitrogens with one attached hydrogen (secondary N) is 1. The summed E-state index contributed by atoms with van der Waals surface area (Å²) in [6.07, 6.45) is 1.89. The molecule has 6 heteroatoms. The van der Waals surface area contributed by atoms with Crippen molar-refractivity contribution in [2.24, 2.45) is 0 Å². The van der Waals surface area contributed by atoms with E-state index in [0.29, 0.717) is 17.1 Å². The number of aryl methyl sites for hydroxylation is 1. The van der Waals surface area contributed by atoms with Gasteiger partial charge in [-0.25, -0.2) is 0 Å². The van der Waals surface area contributed by atoms with Crippen LogP contribution < -0.4 is 5.32 Å². The lowest BCUT2D eigenvalue weighted by molar-refractivity contribution is 0.0950. The van der Waals surface area contributed by atoms with E-state index in [9.17, 15) is 4.79 Å². The fraction of sp³-hybridized carbons (Fsp3) is 0.231. The molecule has 0 fully saturated rings. The third-order valence-electron chi connectivity index (χ3n) is 2.65. The normalized spacial score (nSPS) is 10.5. The Labute approximate surface area is 124 Å². The van der Waals surface area contributed by atoms with Crippen LogP contribution >= 0.6 is 27.5 Å². The van der Waals surface area contributed by atoms with Crippen molar-refractivity contribution in [3.8, 4) is 0 Å². The van der Waals surface area contributed by atoms with Crippen molar-refractivity contribution in [3.05, 3.63) is 51.2 Å². The molecule has 4 nitrogen and oxygen atoms in total. The third-order valence-corrected chi connectivity index (χ3v) is 3.64. The topological polar surface area (TPSA) is 46.9 Å². The van der Waals surface area contributed by atoms with Gasteiger partial charge in [0.25, 0.3) is 5.91 Å². The molecular weight excluding hydrogens is 330 g/mol. The maximum absolute atomic E-state index is 12.0. The molecule has 2 rings (SSSR count). The molecule has 1 N–H and O–H groups in total. The first-order valence-electron chi connectivity index (χ1n) is 5.86. The highest BCUT2D eigenvalue weighted by atomic mass is 79.9. The quantitative estimate of drug-likeness (QED) is 0.927. The van der Waals surface area contributed by atoms with Gasteiger partial charge in [0, 0.05) is 12.7 Å². The van der Waals surface area contributed by atoms with Gasteiger partial charge in [-0.2, -0.15) is 5.10 Å². The van der Waals surface area contributed by atoms with Gasteiger partial charge in [-0.1, -0.05) is 23.7 Å². The number of carbonyl (C=O) groups excluding carboxylic acids is 1. The zero-order chi connectivity index (χ0) is 13.8. The summed E-state index contributed by atoms with van der Waals surface area (Å²) in [5, 5.41) is 7.59. The smallest absolute Gasteiger partial charge is 0.253 e. The average Bonchev–Trinajstić information content (AvgIpc) is 2.77. The van der Waals surface area contributed by atoms with Crippen molar-refractivity contribution >= 4 is 33.4 Å². The zero-order valence-electron chi connectivity index (χ0n) is 10.4. The lowest BCUT2D eigenvalue weighted by Gasteiger charge is -2.05. The van der Waals surface area contributed by atoms with Gasteiger partial charge in [0.05, 0.1) is 27.3 Å². The number of hydrogen-bond acceptors (Lipinski definition) is 2. The van der Waals surface area contributed by atoms with Gasteiger partial charge < -0.3 is 5.32 Å². The van der Waals surface area contributed by atoms with E-state index in [0.717, 1.165) is 16.7 Å². The summed E-state index contributed by atoms with van der Waals surface area (Å²) in [7, 11) is 0. The van der Waals surface area contributed by atoms with E-state index >= 15 is 0 Å². The van der Waals surface area contributed by atoms with E-state index in [1.165, 1.54) is 0 Å². The minimum Gasteiger partial charge on any atom is -0.346 e. The predicted octanol–water partition coefficient (Wildman–Crippen LogP) is 3.25. The molecule has 1 aromatic heterocycles. The first-order chi connectivity index (χ1) is 9.11. The molecule has 19 heavy (non-hydrogen) atoms. The van der Waals surface area contributed by atoms with Crippen molar-refractivity contribution < 1.29 is 4.79 Å². The molecule has 0 saturated heterocycles. The molecule has 0 saturated carbocycles. The Balaban J connectivity index is 2.04. The van der Waals surface area contributed by atoms with Gasteiger partial charge >= 0.3 is 0 Å². The number of carbonyl (C=O) groups is 1. The van der Waals surface area contributed by atoms with Gasteiger partial charge in [0.2, 0.25) is 0 Å². The molecule has 0 radical (unpaired) electrons. The summed E-state index contributed by atoms with van der Waals surface area (Å²) in [5.74, 6) is -0.205. The summed E-state index contributed by atoms with van der Waals surface area (Å²) in [6, 6.07) is 6.96. The van der Waals surface area contributed by atoms with Crippen LogP contribution in [0, 0.1) is 0 Å². The molecule has 0 unspecified atom stereocenters. The molecule has 0 bridgehead atoms. The van der Waals surface area contributed by atoms with Crippen LogP contribution in [-0.2, 0) is 13.1 Å². The fourth-order valence-corrected chi connectivity index (χ4v) is 2.30. The summed E-state index contributed by atoms with van der Waals surface area (Å²) in [6.45, 7) is 3.15. The van der Waals surface area contributed by atoms with Gasteiger partial charge in [-0.3, -0.25) is 9.48 Å². The molecule has 1 heterocycles. The fourth-order valence-electron chi connectivity index (χ4n) is 1.62. The van der Waals surface area contributed by atoms with Crippen LogP contribution in [0.2, 0.25) is 5.02 Å². The van der Waals surface area contributed by atoms with Crippen LogP contribution in [0.1, 0.15) is 23.0 Å². The number of aromatic nitrogens is 2. The second kappa shape index (κ2) is 6.21. The van der Waals surface area contributed by atoms with Crippen LogP contribution in [0.5, 0.6) is 0 Å². The minimum absolute atomic E-state index is 0.205.